The van der Waals surface area contributed by atoms with E-state index in [0.717, 1.165) is 15.7 Å². The first kappa shape index (κ1) is 15.7. The van der Waals surface area contributed by atoms with E-state index in [1.54, 1.807) is 4.90 Å². The van der Waals surface area contributed by atoms with Crippen molar-refractivity contribution in [1.82, 2.24) is 15.1 Å². The number of hydrogen-bond acceptors (Lipinski definition) is 4. The summed E-state index contributed by atoms with van der Waals surface area (Å²) in [6, 6.07) is 7.38. The number of carbonyl (C=O) groups is 1. The summed E-state index contributed by atoms with van der Waals surface area (Å²) in [7, 11) is 0. The highest BCUT2D eigenvalue weighted by atomic mass is 79.9. The lowest BCUT2D eigenvalue weighted by molar-refractivity contribution is -0.139. The minimum Gasteiger partial charge on any atom is -0.510 e. The zero-order valence-electron chi connectivity index (χ0n) is 12.6. The van der Waals surface area contributed by atoms with Gasteiger partial charge in [0.25, 0.3) is 5.91 Å². The van der Waals surface area contributed by atoms with Crippen LogP contribution in [0.15, 0.2) is 65.1 Å². The molecule has 2 aliphatic rings. The number of benzene rings is 1. The van der Waals surface area contributed by atoms with Gasteiger partial charge in [-0.3, -0.25) is 4.79 Å². The van der Waals surface area contributed by atoms with Crippen LogP contribution in [0, 0.1) is 0 Å². The van der Waals surface area contributed by atoms with Crippen molar-refractivity contribution in [1.29, 1.82) is 0 Å². The van der Waals surface area contributed by atoms with Gasteiger partial charge in [0, 0.05) is 10.7 Å². The molecule has 1 fully saturated rings. The molecule has 1 unspecified atom stereocenters. The maximum atomic E-state index is 13.0. The fourth-order valence-corrected chi connectivity index (χ4v) is 3.35. The number of nitrogens with one attached hydrogen (secondary N) is 1. The SMILES string of the molecule is C=C/C=C(\O)CN1CC2=CNCN2C(c2cccc(Br)c2)C1=O. The van der Waals surface area contributed by atoms with Gasteiger partial charge in [-0.1, -0.05) is 40.7 Å². The molecule has 6 heteroatoms. The van der Waals surface area contributed by atoms with Gasteiger partial charge in [-0.25, -0.2) is 0 Å². The number of piperazine rings is 1. The number of fused-ring (bicyclic) bond motifs is 1. The van der Waals surface area contributed by atoms with Crippen LogP contribution in [-0.4, -0.2) is 40.6 Å². The number of allylic oxidation sites excluding steroid dienone is 2. The first-order valence-corrected chi connectivity index (χ1v) is 8.13. The van der Waals surface area contributed by atoms with E-state index in [-0.39, 0.29) is 24.3 Å². The highest BCUT2D eigenvalue weighted by Crippen LogP contribution is 2.34. The van der Waals surface area contributed by atoms with Crippen LogP contribution in [0.3, 0.4) is 0 Å². The van der Waals surface area contributed by atoms with Crippen LogP contribution >= 0.6 is 15.9 Å². The van der Waals surface area contributed by atoms with Crippen molar-refractivity contribution in [3.63, 3.8) is 0 Å². The van der Waals surface area contributed by atoms with Crippen molar-refractivity contribution >= 4 is 21.8 Å². The van der Waals surface area contributed by atoms with Gasteiger partial charge in [-0.05, 0) is 23.8 Å². The molecule has 0 aliphatic carbocycles. The third kappa shape index (κ3) is 3.12. The van der Waals surface area contributed by atoms with Crippen molar-refractivity contribution in [2.24, 2.45) is 0 Å². The molecule has 1 aromatic rings. The first-order chi connectivity index (χ1) is 11.1. The van der Waals surface area contributed by atoms with Gasteiger partial charge in [0.05, 0.1) is 25.5 Å². The molecule has 23 heavy (non-hydrogen) atoms. The summed E-state index contributed by atoms with van der Waals surface area (Å²) in [5.41, 5.74) is 1.97. The Morgan fingerprint density at radius 1 is 1.52 bits per heavy atom. The third-order valence-corrected chi connectivity index (χ3v) is 4.43. The van der Waals surface area contributed by atoms with Gasteiger partial charge < -0.3 is 20.2 Å². The van der Waals surface area contributed by atoms with Crippen LogP contribution in [0.25, 0.3) is 0 Å². The highest BCUT2D eigenvalue weighted by Gasteiger charge is 2.39. The first-order valence-electron chi connectivity index (χ1n) is 7.34. The summed E-state index contributed by atoms with van der Waals surface area (Å²) in [5.74, 6) is 0.106. The molecule has 120 valence electrons. The van der Waals surface area contributed by atoms with E-state index < -0.39 is 0 Å². The molecular formula is C17H18BrN3O2. The minimum absolute atomic E-state index is 0.0204. The average Bonchev–Trinajstić information content (AvgIpc) is 2.96. The minimum atomic E-state index is -0.390. The van der Waals surface area contributed by atoms with Gasteiger partial charge in [0.15, 0.2) is 0 Å². The zero-order chi connectivity index (χ0) is 16.4. The molecule has 1 amide bonds. The number of nitrogens with zero attached hydrogens (tertiary/aromatic N) is 2. The van der Waals surface area contributed by atoms with Crippen molar-refractivity contribution < 1.29 is 9.90 Å². The maximum absolute atomic E-state index is 13.0. The van der Waals surface area contributed by atoms with Crippen LogP contribution in [0.5, 0.6) is 0 Å². The fourth-order valence-electron chi connectivity index (χ4n) is 2.94. The van der Waals surface area contributed by atoms with Crippen LogP contribution in [0.2, 0.25) is 0 Å². The fraction of sp³-hybridized carbons (Fsp3) is 0.235. The molecule has 0 spiro atoms. The Kier molecular flexibility index (Phi) is 4.43. The van der Waals surface area contributed by atoms with Gasteiger partial charge >= 0.3 is 0 Å². The van der Waals surface area contributed by atoms with Crippen molar-refractivity contribution in [3.05, 3.63) is 70.7 Å². The largest absolute Gasteiger partial charge is 0.510 e. The predicted octanol–water partition coefficient (Wildman–Crippen LogP) is 2.66. The zero-order valence-corrected chi connectivity index (χ0v) is 14.2. The van der Waals surface area contributed by atoms with Gasteiger partial charge in [0.1, 0.15) is 11.8 Å². The average molecular weight is 376 g/mol. The summed E-state index contributed by atoms with van der Waals surface area (Å²) in [5, 5.41) is 13.1. The normalized spacial score (nSPS) is 20.9. The Hall–Kier alpha value is -2.21. The lowest BCUT2D eigenvalue weighted by Gasteiger charge is -2.40. The smallest absolute Gasteiger partial charge is 0.250 e. The molecule has 3 rings (SSSR count). The molecule has 1 saturated heterocycles. The second-order valence-electron chi connectivity index (χ2n) is 5.51. The number of aliphatic hydroxyl groups is 1. The number of aliphatic hydroxyl groups excluding tert-OH is 1. The second kappa shape index (κ2) is 6.50. The van der Waals surface area contributed by atoms with Crippen molar-refractivity contribution in [2.75, 3.05) is 19.8 Å². The van der Waals surface area contributed by atoms with Crippen LogP contribution in [0.1, 0.15) is 11.6 Å². The number of halogens is 1. The Labute approximate surface area is 143 Å². The standard InChI is InChI=1S/C17H18BrN3O2/c1-2-4-15(22)10-20-9-14-8-19-11-21(14)16(17(20)23)12-5-3-6-13(18)7-12/h2-8,16,19,22H,1,9-11H2/b15-4-. The Bertz CT molecular complexity index is 697. The predicted molar refractivity (Wildman–Crippen MR) is 92.3 cm³/mol. The van der Waals surface area contributed by atoms with E-state index in [2.05, 4.69) is 32.7 Å². The summed E-state index contributed by atoms with van der Waals surface area (Å²) in [6.45, 7) is 4.83. The molecule has 5 nitrogen and oxygen atoms in total. The number of rotatable bonds is 4. The van der Waals surface area contributed by atoms with E-state index >= 15 is 0 Å². The second-order valence-corrected chi connectivity index (χ2v) is 6.43. The Morgan fingerprint density at radius 3 is 3.09 bits per heavy atom. The van der Waals surface area contributed by atoms with Gasteiger partial charge in [0.2, 0.25) is 0 Å². The van der Waals surface area contributed by atoms with Crippen molar-refractivity contribution in [2.45, 2.75) is 6.04 Å². The molecule has 1 aromatic carbocycles. The Balaban J connectivity index is 1.93. The number of amides is 1. The van der Waals surface area contributed by atoms with E-state index in [0.29, 0.717) is 13.2 Å². The molecule has 0 saturated carbocycles. The summed E-state index contributed by atoms with van der Waals surface area (Å²) in [4.78, 5) is 16.7. The monoisotopic (exact) mass is 375 g/mol. The molecule has 0 aromatic heterocycles. The van der Waals surface area contributed by atoms with Crippen LogP contribution < -0.4 is 5.32 Å². The number of carbonyl (C=O) groups excluding carboxylic acids is 1. The molecule has 0 radical (unpaired) electrons. The Morgan fingerprint density at radius 2 is 2.35 bits per heavy atom. The summed E-state index contributed by atoms with van der Waals surface area (Å²) in [6.07, 6.45) is 4.95. The van der Waals surface area contributed by atoms with E-state index in [4.69, 9.17) is 0 Å². The quantitative estimate of drug-likeness (QED) is 0.627. The van der Waals surface area contributed by atoms with Gasteiger partial charge in [-0.15, -0.1) is 0 Å². The molecule has 2 heterocycles. The number of hydrogen-bond donors (Lipinski definition) is 2. The van der Waals surface area contributed by atoms with Crippen LogP contribution in [0.4, 0.5) is 0 Å². The summed E-state index contributed by atoms with van der Waals surface area (Å²) < 4.78 is 0.937. The molecule has 0 bridgehead atoms. The maximum Gasteiger partial charge on any atom is 0.250 e. The lowest BCUT2D eigenvalue weighted by Crippen LogP contribution is -2.50. The molecule has 1 atom stereocenters. The van der Waals surface area contributed by atoms with E-state index in [1.165, 1.54) is 12.2 Å². The molecular weight excluding hydrogens is 358 g/mol. The third-order valence-electron chi connectivity index (χ3n) is 3.94. The van der Waals surface area contributed by atoms with Crippen LogP contribution in [-0.2, 0) is 4.79 Å². The highest BCUT2D eigenvalue weighted by molar-refractivity contribution is 9.10. The van der Waals surface area contributed by atoms with Crippen molar-refractivity contribution in [3.8, 4) is 0 Å². The summed E-state index contributed by atoms with van der Waals surface area (Å²) >= 11 is 3.46. The topological polar surface area (TPSA) is 55.8 Å². The lowest BCUT2D eigenvalue weighted by atomic mass is 10.0. The van der Waals surface area contributed by atoms with E-state index in [1.807, 2.05) is 30.5 Å². The molecule has 2 N–H and O–H groups in total. The van der Waals surface area contributed by atoms with E-state index in [9.17, 15) is 9.90 Å². The van der Waals surface area contributed by atoms with Gasteiger partial charge in [-0.2, -0.15) is 0 Å². The molecule has 2 aliphatic heterocycles.